The fraction of sp³-hybridized carbons (Fsp3) is 0.531. The Labute approximate surface area is 221 Å². The summed E-state index contributed by atoms with van der Waals surface area (Å²) in [6.45, 7) is 8.85. The number of fused-ring (bicyclic) bond motifs is 2. The second-order valence-corrected chi connectivity index (χ2v) is 11.9. The SMILES string of the molecule is C[C@@H]1CCC=C2C[C@H]3OC(=O)[C@@H](CN4CCN(C(c5ccccc5)c5ccccc5)CC4)[C@@H]3[C@H](O)[C@@]21C. The summed E-state index contributed by atoms with van der Waals surface area (Å²) in [5, 5.41) is 11.7. The van der Waals surface area contributed by atoms with E-state index in [2.05, 4.69) is 90.4 Å². The summed E-state index contributed by atoms with van der Waals surface area (Å²) in [6, 6.07) is 21.7. The lowest BCUT2D eigenvalue weighted by molar-refractivity contribution is -0.145. The smallest absolute Gasteiger partial charge is 0.311 e. The molecule has 2 heterocycles. The molecule has 2 aromatic rings. The van der Waals surface area contributed by atoms with Crippen molar-refractivity contribution in [3.05, 3.63) is 83.4 Å². The van der Waals surface area contributed by atoms with E-state index in [4.69, 9.17) is 4.74 Å². The molecule has 0 unspecified atom stereocenters. The summed E-state index contributed by atoms with van der Waals surface area (Å²) < 4.78 is 5.92. The molecular weight excluding hydrogens is 460 g/mol. The summed E-state index contributed by atoms with van der Waals surface area (Å²) in [5.74, 6) is -0.0672. The quantitative estimate of drug-likeness (QED) is 0.477. The number of allylic oxidation sites excluding steroid dienone is 1. The molecule has 5 nitrogen and oxygen atoms in total. The van der Waals surface area contributed by atoms with Crippen LogP contribution in [0, 0.1) is 23.2 Å². The lowest BCUT2D eigenvalue weighted by Gasteiger charge is -2.52. The van der Waals surface area contributed by atoms with Gasteiger partial charge in [0.15, 0.2) is 0 Å². The van der Waals surface area contributed by atoms with E-state index >= 15 is 0 Å². The maximum atomic E-state index is 13.1. The molecule has 6 rings (SSSR count). The van der Waals surface area contributed by atoms with Gasteiger partial charge in [0.25, 0.3) is 0 Å². The van der Waals surface area contributed by atoms with Crippen molar-refractivity contribution in [2.24, 2.45) is 23.2 Å². The van der Waals surface area contributed by atoms with E-state index in [0.717, 1.165) is 45.4 Å². The standard InChI is InChI=1S/C32H40N2O3/c1-22-10-9-15-25-20-27-28(30(35)32(22,25)2)26(31(36)37-27)21-33-16-18-34(19-17-33)29(23-11-5-3-6-12-23)24-13-7-4-8-14-24/h3-8,11-15,22,26-30,35H,9-10,16-21H2,1-2H3/t22-,26+,27-,28+,30+,32-/m1/s1. The molecule has 37 heavy (non-hydrogen) atoms. The molecule has 0 amide bonds. The number of hydrogen-bond acceptors (Lipinski definition) is 5. The van der Waals surface area contributed by atoms with Crippen molar-refractivity contribution in [1.29, 1.82) is 0 Å². The van der Waals surface area contributed by atoms with Crippen molar-refractivity contribution in [2.75, 3.05) is 32.7 Å². The van der Waals surface area contributed by atoms with Crippen molar-refractivity contribution >= 4 is 5.97 Å². The molecule has 2 aliphatic heterocycles. The predicted molar refractivity (Wildman–Crippen MR) is 145 cm³/mol. The molecule has 5 heteroatoms. The monoisotopic (exact) mass is 500 g/mol. The Kier molecular flexibility index (Phi) is 6.72. The van der Waals surface area contributed by atoms with Crippen LogP contribution < -0.4 is 0 Å². The molecule has 3 fully saturated rings. The summed E-state index contributed by atoms with van der Waals surface area (Å²) in [4.78, 5) is 18.1. The van der Waals surface area contributed by atoms with Crippen LogP contribution in [-0.4, -0.2) is 65.8 Å². The van der Waals surface area contributed by atoms with Crippen molar-refractivity contribution in [3.63, 3.8) is 0 Å². The number of rotatable bonds is 5. The van der Waals surface area contributed by atoms with Crippen LogP contribution >= 0.6 is 0 Å². The lowest BCUT2D eigenvalue weighted by atomic mass is 9.55. The number of ether oxygens (including phenoxy) is 1. The first-order valence-corrected chi connectivity index (χ1v) is 14.1. The minimum Gasteiger partial charge on any atom is -0.461 e. The molecule has 4 aliphatic rings. The fourth-order valence-electron chi connectivity index (χ4n) is 7.64. The molecule has 0 spiro atoms. The van der Waals surface area contributed by atoms with Crippen LogP contribution in [0.4, 0.5) is 0 Å². The topological polar surface area (TPSA) is 53.0 Å². The molecule has 1 N–H and O–H groups in total. The first-order valence-electron chi connectivity index (χ1n) is 14.1. The van der Waals surface area contributed by atoms with Gasteiger partial charge in [0.05, 0.1) is 18.1 Å². The van der Waals surface area contributed by atoms with E-state index in [1.54, 1.807) is 0 Å². The Morgan fingerprint density at radius 1 is 1.00 bits per heavy atom. The van der Waals surface area contributed by atoms with Gasteiger partial charge in [-0.15, -0.1) is 0 Å². The molecule has 0 bridgehead atoms. The van der Waals surface area contributed by atoms with Crippen LogP contribution in [0.2, 0.25) is 0 Å². The zero-order valence-corrected chi connectivity index (χ0v) is 22.1. The Balaban J connectivity index is 1.16. The summed E-state index contributed by atoms with van der Waals surface area (Å²) in [7, 11) is 0. The van der Waals surface area contributed by atoms with Gasteiger partial charge in [-0.05, 0) is 29.9 Å². The van der Waals surface area contributed by atoms with E-state index < -0.39 is 6.10 Å². The number of nitrogens with zero attached hydrogens (tertiary/aromatic N) is 2. The third-order valence-corrected chi connectivity index (χ3v) is 10.0. The van der Waals surface area contributed by atoms with Gasteiger partial charge in [0.2, 0.25) is 0 Å². The summed E-state index contributed by atoms with van der Waals surface area (Å²) in [6.07, 6.45) is 4.53. The molecule has 2 aliphatic carbocycles. The maximum absolute atomic E-state index is 13.1. The number of esters is 1. The minimum absolute atomic E-state index is 0.113. The minimum atomic E-state index is -0.536. The Bertz CT molecular complexity index is 1090. The van der Waals surface area contributed by atoms with Crippen LogP contribution in [0.5, 0.6) is 0 Å². The highest BCUT2D eigenvalue weighted by Gasteiger charge is 2.59. The number of carbonyl (C=O) groups is 1. The van der Waals surface area contributed by atoms with Gasteiger partial charge in [-0.2, -0.15) is 0 Å². The lowest BCUT2D eigenvalue weighted by Crippen LogP contribution is -2.55. The predicted octanol–water partition coefficient (Wildman–Crippen LogP) is 4.68. The Morgan fingerprint density at radius 2 is 1.62 bits per heavy atom. The van der Waals surface area contributed by atoms with Gasteiger partial charge in [-0.25, -0.2) is 0 Å². The van der Waals surface area contributed by atoms with E-state index in [0.29, 0.717) is 12.5 Å². The van der Waals surface area contributed by atoms with Crippen molar-refractivity contribution in [3.8, 4) is 0 Å². The number of aliphatic hydroxyl groups excluding tert-OH is 1. The van der Waals surface area contributed by atoms with E-state index in [9.17, 15) is 9.90 Å². The Hall–Kier alpha value is -2.47. The van der Waals surface area contributed by atoms with E-state index in [1.807, 2.05) is 0 Å². The molecular formula is C32H40N2O3. The van der Waals surface area contributed by atoms with Crippen molar-refractivity contribution in [1.82, 2.24) is 9.80 Å². The van der Waals surface area contributed by atoms with Gasteiger partial charge < -0.3 is 9.84 Å². The average molecular weight is 501 g/mol. The highest BCUT2D eigenvalue weighted by atomic mass is 16.6. The second-order valence-electron chi connectivity index (χ2n) is 11.9. The molecule has 0 radical (unpaired) electrons. The van der Waals surface area contributed by atoms with Crippen LogP contribution in [0.3, 0.4) is 0 Å². The van der Waals surface area contributed by atoms with Crippen LogP contribution in [-0.2, 0) is 9.53 Å². The number of carbonyl (C=O) groups excluding carboxylic acids is 1. The summed E-state index contributed by atoms with van der Waals surface area (Å²) >= 11 is 0. The third-order valence-electron chi connectivity index (χ3n) is 10.0. The highest BCUT2D eigenvalue weighted by molar-refractivity contribution is 5.76. The Morgan fingerprint density at radius 3 is 2.24 bits per heavy atom. The average Bonchev–Trinajstić information content (AvgIpc) is 3.23. The normalized spacial score (nSPS) is 34.5. The molecule has 196 valence electrons. The molecule has 0 aromatic heterocycles. The van der Waals surface area contributed by atoms with Crippen LogP contribution in [0.25, 0.3) is 0 Å². The van der Waals surface area contributed by atoms with Gasteiger partial charge in [-0.3, -0.25) is 14.6 Å². The zero-order valence-electron chi connectivity index (χ0n) is 22.1. The van der Waals surface area contributed by atoms with E-state index in [-0.39, 0.29) is 35.4 Å². The molecule has 1 saturated carbocycles. The highest BCUT2D eigenvalue weighted by Crippen LogP contribution is 2.56. The van der Waals surface area contributed by atoms with Gasteiger partial charge in [0.1, 0.15) is 6.10 Å². The molecule has 6 atom stereocenters. The molecule has 2 saturated heterocycles. The van der Waals surface area contributed by atoms with Gasteiger partial charge >= 0.3 is 5.97 Å². The maximum Gasteiger partial charge on any atom is 0.311 e. The largest absolute Gasteiger partial charge is 0.461 e. The number of aliphatic hydroxyl groups is 1. The third kappa shape index (κ3) is 4.35. The first-order chi connectivity index (χ1) is 18.0. The fourth-order valence-corrected chi connectivity index (χ4v) is 7.64. The zero-order chi connectivity index (χ0) is 25.6. The number of hydrogen-bond donors (Lipinski definition) is 1. The first kappa shape index (κ1) is 24.8. The van der Waals surface area contributed by atoms with E-state index in [1.165, 1.54) is 16.7 Å². The van der Waals surface area contributed by atoms with Crippen molar-refractivity contribution in [2.45, 2.75) is 51.4 Å². The van der Waals surface area contributed by atoms with Gasteiger partial charge in [0, 0.05) is 50.5 Å². The number of benzene rings is 2. The van der Waals surface area contributed by atoms with Crippen LogP contribution in [0.15, 0.2) is 72.3 Å². The van der Waals surface area contributed by atoms with Gasteiger partial charge in [-0.1, -0.05) is 86.2 Å². The molecule has 2 aromatic carbocycles. The number of piperazine rings is 1. The summed E-state index contributed by atoms with van der Waals surface area (Å²) in [5.41, 5.74) is 3.68. The van der Waals surface area contributed by atoms with Crippen LogP contribution in [0.1, 0.15) is 50.3 Å². The second kappa shape index (κ2) is 10.0. The van der Waals surface area contributed by atoms with Crippen molar-refractivity contribution < 1.29 is 14.6 Å².